The van der Waals surface area contributed by atoms with Gasteiger partial charge in [-0.2, -0.15) is 10.5 Å². The Kier molecular flexibility index (Phi) is 25.5. The number of nitrogens with zero attached hydrogens (tertiary/aromatic N) is 6. The highest BCUT2D eigenvalue weighted by Crippen LogP contribution is 2.54. The minimum absolute atomic E-state index is 0.546. The summed E-state index contributed by atoms with van der Waals surface area (Å²) in [5, 5.41) is 34.8. The van der Waals surface area contributed by atoms with Gasteiger partial charge in [0.1, 0.15) is 11.6 Å². The van der Waals surface area contributed by atoms with Gasteiger partial charge < -0.3 is 18.3 Å². The van der Waals surface area contributed by atoms with E-state index in [0.29, 0.717) is 58.5 Å². The summed E-state index contributed by atoms with van der Waals surface area (Å²) in [6.45, 7) is 0. The van der Waals surface area contributed by atoms with Crippen LogP contribution in [0.15, 0.2) is 218 Å². The fourth-order valence-corrected chi connectivity index (χ4v) is 25.3. The maximum atomic E-state index is 14.3. The van der Waals surface area contributed by atoms with Crippen molar-refractivity contribution in [2.45, 2.75) is 257 Å². The first kappa shape index (κ1) is 85.8. The van der Waals surface area contributed by atoms with Gasteiger partial charge in [-0.25, -0.2) is 0 Å². The van der Waals surface area contributed by atoms with E-state index >= 15 is 0 Å². The van der Waals surface area contributed by atoms with Crippen LogP contribution in [0.1, 0.15) is 312 Å². The summed E-state index contributed by atoms with van der Waals surface area (Å²) in [6, 6.07) is 73.0. The zero-order chi connectivity index (χ0) is 88.2. The van der Waals surface area contributed by atoms with Gasteiger partial charge >= 0.3 is 0 Å². The molecule has 8 saturated carbocycles. The average molecular weight is 1730 g/mol. The zero-order valence-electron chi connectivity index (χ0n) is 78.0. The Morgan fingerprint density at radius 3 is 0.538 bits per heavy atom. The molecule has 0 bridgehead atoms. The molecule has 6 nitrogen and oxygen atoms in total. The second-order valence-electron chi connectivity index (χ2n) is 41.6. The molecular weight excluding hydrogens is 1600 g/mol. The van der Waals surface area contributed by atoms with E-state index in [-0.39, 0.29) is 0 Å². The van der Waals surface area contributed by atoms with Crippen LogP contribution in [-0.4, -0.2) is 18.3 Å². The monoisotopic (exact) mass is 1730 g/mol. The Morgan fingerprint density at radius 2 is 0.371 bits per heavy atom. The Balaban J connectivity index is 0.926. The highest BCUT2D eigenvalue weighted by Gasteiger charge is 2.37. The maximum absolute atomic E-state index is 14.3. The molecule has 8 aliphatic carbocycles. The maximum Gasteiger partial charge on any atom is 0.104 e. The Hall–Kier alpha value is -11.7. The van der Waals surface area contributed by atoms with E-state index in [0.717, 1.165) is 99.6 Å². The first-order chi connectivity index (χ1) is 65.3. The molecule has 8 fully saturated rings. The minimum Gasteiger partial charge on any atom is -0.306 e. The van der Waals surface area contributed by atoms with E-state index < -0.39 is 0 Å². The molecule has 0 saturated heterocycles. The number of allylic oxidation sites excluding steroid dienone is 8. The van der Waals surface area contributed by atoms with Crippen LogP contribution in [0.4, 0.5) is 0 Å². The number of fused-ring (bicyclic) bond motifs is 12. The summed E-state index contributed by atoms with van der Waals surface area (Å²) in [5.41, 5.74) is 24.3. The van der Waals surface area contributed by atoms with Crippen LogP contribution in [0.3, 0.4) is 0 Å². The molecule has 4 aromatic heterocycles. The molecule has 0 spiro atoms. The summed E-state index contributed by atoms with van der Waals surface area (Å²) < 4.78 is 10.4. The predicted octanol–water partition coefficient (Wildman–Crippen LogP) is 36.2. The highest BCUT2D eigenvalue weighted by molar-refractivity contribution is 6.18. The number of hydrogen-bond donors (Lipinski definition) is 0. The topological polar surface area (TPSA) is 67.3 Å². The molecule has 132 heavy (non-hydrogen) atoms. The third-order valence-corrected chi connectivity index (χ3v) is 32.6. The van der Waals surface area contributed by atoms with Crippen LogP contribution in [0, 0.1) is 70.0 Å². The molecule has 4 heterocycles. The number of nitriles is 2. The number of hydrogen-bond acceptors (Lipinski definition) is 2. The summed E-state index contributed by atoms with van der Waals surface area (Å²) in [6.07, 6.45) is 90.1. The Labute approximate surface area is 783 Å². The molecule has 8 aliphatic rings. The van der Waals surface area contributed by atoms with Crippen molar-refractivity contribution in [3.8, 4) is 46.0 Å². The van der Waals surface area contributed by atoms with Crippen LogP contribution in [0.2, 0.25) is 0 Å². The van der Waals surface area contributed by atoms with Crippen molar-refractivity contribution >= 4 is 136 Å². The average Bonchev–Trinajstić information content (AvgIpc) is 1.45. The van der Waals surface area contributed by atoms with Crippen molar-refractivity contribution < 1.29 is 0 Å². The van der Waals surface area contributed by atoms with Crippen LogP contribution < -0.4 is 0 Å². The second-order valence-corrected chi connectivity index (χ2v) is 41.6. The molecule has 22 rings (SSSR count). The lowest BCUT2D eigenvalue weighted by atomic mass is 9.88. The minimum atomic E-state index is 0.546. The summed E-state index contributed by atoms with van der Waals surface area (Å²) in [7, 11) is 0. The van der Waals surface area contributed by atoms with Gasteiger partial charge in [-0.3, -0.25) is 0 Å². The number of aromatic nitrogens is 4. The molecular formula is C126H132N6. The van der Waals surface area contributed by atoms with Crippen LogP contribution in [-0.2, 0) is 0 Å². The third-order valence-electron chi connectivity index (χ3n) is 32.6. The van der Waals surface area contributed by atoms with E-state index in [1.54, 1.807) is 0 Å². The van der Waals surface area contributed by atoms with Crippen molar-refractivity contribution in [2.24, 2.45) is 47.3 Å². The molecule has 0 aliphatic heterocycles. The van der Waals surface area contributed by atoms with Crippen LogP contribution >= 0.6 is 0 Å². The second kappa shape index (κ2) is 39.2. The van der Waals surface area contributed by atoms with Gasteiger partial charge in [-0.05, 0) is 309 Å². The fourth-order valence-electron chi connectivity index (χ4n) is 25.3. The van der Waals surface area contributed by atoms with E-state index in [9.17, 15) is 10.5 Å². The third kappa shape index (κ3) is 17.8. The van der Waals surface area contributed by atoms with Crippen LogP contribution in [0.25, 0.3) is 170 Å². The molecule has 0 atom stereocenters. The fraction of sp³-hybridized carbons (Fsp3) is 0.381. The van der Waals surface area contributed by atoms with Crippen molar-refractivity contribution in [3.05, 3.63) is 274 Å². The molecule has 14 aromatic rings. The molecule has 0 amide bonds. The standard InChI is InChI=1S/C126H132N6/c127-85-103-57-67-104(68-58-103)122-125(131-118-73-63-99(53-45-91-33-17-5-18-34-91)81-109(118)110-82-100(64-74-119(110)131)54-46-92-35-19-6-20-36-92)123(129-114-69-59-95(49-41-87-25-9-1-10-26-87)77-105(114)106-78-96(60-70-115(106)129)50-42-88-27-11-2-12-28-88)113(86-128)124(130-116-71-61-97(51-43-89-29-13-3-14-30-89)79-107(116)108-80-98(62-72-117(108)130)52-44-90-31-15-4-16-32-90)126(122)132-120-75-65-101(55-47-93-37-21-7-22-38-93)83-111(120)112-84-102(66-76-121(112)132)56-48-94-39-23-8-24-40-94/h41-84,87-94H,1-40H2/b49-41+,50-42+,51-43+,52-44+,53-45+,54-46+,55-47+,56-48+. The quantitative estimate of drug-likeness (QED) is 0.0719. The molecule has 0 radical (unpaired) electrons. The van der Waals surface area contributed by atoms with Gasteiger partial charge in [-0.15, -0.1) is 0 Å². The van der Waals surface area contributed by atoms with Gasteiger partial charge in [0.05, 0.1) is 78.5 Å². The van der Waals surface area contributed by atoms with Gasteiger partial charge in [0.2, 0.25) is 0 Å². The first-order valence-corrected chi connectivity index (χ1v) is 52.3. The SMILES string of the molecule is N#Cc1ccc(-c2c(-n3c4ccc(/C=C/C5CCCCC5)cc4c4cc(/C=C/C5CCCCC5)ccc43)c(-n3c4ccc(/C=C/C5CCCCC5)cc4c4cc(/C=C/C5CCCCC5)ccc43)c(C#N)c(-n3c4ccc(/C=C/C5CCCCC5)cc4c4cc(/C=C/C5CCCCC5)ccc43)c2-n2c3ccc(/C=C/C4CCCCC4)cc3c3cc(/C=C/C4CCCCC4)ccc32)cc1. The molecule has 0 N–H and O–H groups in total. The normalized spacial score (nSPS) is 19.2. The lowest BCUT2D eigenvalue weighted by Gasteiger charge is -2.29. The predicted molar refractivity (Wildman–Crippen MR) is 564 cm³/mol. The lowest BCUT2D eigenvalue weighted by Crippen LogP contribution is -2.16. The summed E-state index contributed by atoms with van der Waals surface area (Å²) >= 11 is 0. The van der Waals surface area contributed by atoms with Gasteiger partial charge in [0.15, 0.2) is 0 Å². The van der Waals surface area contributed by atoms with Crippen molar-refractivity contribution in [1.82, 2.24) is 18.3 Å². The largest absolute Gasteiger partial charge is 0.306 e. The molecule has 10 aromatic carbocycles. The van der Waals surface area contributed by atoms with E-state index in [1.807, 2.05) is 0 Å². The Morgan fingerprint density at radius 1 is 0.197 bits per heavy atom. The first-order valence-electron chi connectivity index (χ1n) is 52.3. The highest BCUT2D eigenvalue weighted by atomic mass is 15.1. The summed E-state index contributed by atoms with van der Waals surface area (Å²) in [4.78, 5) is 0. The number of rotatable bonds is 21. The molecule has 666 valence electrons. The summed E-state index contributed by atoms with van der Waals surface area (Å²) in [5.74, 6) is 4.37. The number of benzene rings is 10. The van der Waals surface area contributed by atoms with Crippen molar-refractivity contribution in [1.29, 1.82) is 10.5 Å². The lowest BCUT2D eigenvalue weighted by molar-refractivity contribution is 0.420. The van der Waals surface area contributed by atoms with E-state index in [1.165, 1.54) is 323 Å². The molecule has 6 heteroatoms. The van der Waals surface area contributed by atoms with Crippen molar-refractivity contribution in [3.63, 3.8) is 0 Å². The van der Waals surface area contributed by atoms with Gasteiger partial charge in [0.25, 0.3) is 0 Å². The van der Waals surface area contributed by atoms with E-state index in [2.05, 4.69) is 297 Å². The van der Waals surface area contributed by atoms with Crippen LogP contribution in [0.5, 0.6) is 0 Å². The zero-order valence-corrected chi connectivity index (χ0v) is 78.0. The Bertz CT molecular complexity index is 6250. The van der Waals surface area contributed by atoms with Gasteiger partial charge in [-0.1, -0.05) is 312 Å². The van der Waals surface area contributed by atoms with Gasteiger partial charge in [0, 0.05) is 48.7 Å². The van der Waals surface area contributed by atoms with E-state index in [4.69, 9.17) is 0 Å². The molecule has 0 unspecified atom stereocenters. The van der Waals surface area contributed by atoms with Crippen molar-refractivity contribution in [2.75, 3.05) is 0 Å². The smallest absolute Gasteiger partial charge is 0.104 e.